The van der Waals surface area contributed by atoms with Crippen molar-refractivity contribution in [1.82, 2.24) is 9.55 Å². The molecule has 1 aromatic heterocycles. The maximum absolute atomic E-state index is 11.4. The fourth-order valence-electron chi connectivity index (χ4n) is 1.60. The molecular weight excluding hydrogens is 164 g/mol. The van der Waals surface area contributed by atoms with Gasteiger partial charge in [-0.1, -0.05) is 6.42 Å². The SMILES string of the molecule is CCn1cnc(C2CCC2)cc1=O. The molecule has 0 amide bonds. The lowest BCUT2D eigenvalue weighted by molar-refractivity contribution is 0.408. The minimum atomic E-state index is 0.0828. The molecule has 0 N–H and O–H groups in total. The zero-order chi connectivity index (χ0) is 9.26. The first kappa shape index (κ1) is 8.48. The number of hydrogen-bond donors (Lipinski definition) is 0. The summed E-state index contributed by atoms with van der Waals surface area (Å²) in [6.45, 7) is 2.66. The third-order valence-electron chi connectivity index (χ3n) is 2.76. The van der Waals surface area contributed by atoms with E-state index in [0.29, 0.717) is 12.5 Å². The summed E-state index contributed by atoms with van der Waals surface area (Å²) in [4.78, 5) is 15.7. The summed E-state index contributed by atoms with van der Waals surface area (Å²) in [5.74, 6) is 0.555. The summed E-state index contributed by atoms with van der Waals surface area (Å²) in [5, 5.41) is 0. The maximum Gasteiger partial charge on any atom is 0.253 e. The number of rotatable bonds is 2. The molecule has 0 aliphatic heterocycles. The molecule has 2 rings (SSSR count). The molecule has 1 aliphatic rings. The van der Waals surface area contributed by atoms with Gasteiger partial charge in [-0.3, -0.25) is 9.36 Å². The molecule has 0 bridgehead atoms. The van der Waals surface area contributed by atoms with Crippen LogP contribution in [0.15, 0.2) is 17.2 Å². The lowest BCUT2D eigenvalue weighted by atomic mass is 9.83. The van der Waals surface area contributed by atoms with Gasteiger partial charge in [0.25, 0.3) is 5.56 Å². The van der Waals surface area contributed by atoms with Gasteiger partial charge in [0.05, 0.1) is 12.0 Å². The number of nitrogens with zero attached hydrogens (tertiary/aromatic N) is 2. The van der Waals surface area contributed by atoms with E-state index in [2.05, 4.69) is 4.98 Å². The summed E-state index contributed by atoms with van der Waals surface area (Å²) in [7, 11) is 0. The van der Waals surface area contributed by atoms with Gasteiger partial charge in [-0.15, -0.1) is 0 Å². The van der Waals surface area contributed by atoms with Crippen molar-refractivity contribution in [2.24, 2.45) is 0 Å². The summed E-state index contributed by atoms with van der Waals surface area (Å²) >= 11 is 0. The Bertz CT molecular complexity index is 352. The van der Waals surface area contributed by atoms with E-state index in [1.54, 1.807) is 17.0 Å². The van der Waals surface area contributed by atoms with E-state index in [1.807, 2.05) is 6.92 Å². The Labute approximate surface area is 77.4 Å². The van der Waals surface area contributed by atoms with Crippen LogP contribution >= 0.6 is 0 Å². The fourth-order valence-corrected chi connectivity index (χ4v) is 1.60. The van der Waals surface area contributed by atoms with Gasteiger partial charge in [0.2, 0.25) is 0 Å². The van der Waals surface area contributed by atoms with Gasteiger partial charge in [0.15, 0.2) is 0 Å². The summed E-state index contributed by atoms with van der Waals surface area (Å²) < 4.78 is 1.63. The van der Waals surface area contributed by atoms with Crippen LogP contribution in [-0.4, -0.2) is 9.55 Å². The van der Waals surface area contributed by atoms with Crippen molar-refractivity contribution < 1.29 is 0 Å². The Balaban J connectivity index is 2.29. The van der Waals surface area contributed by atoms with Gasteiger partial charge < -0.3 is 0 Å². The molecule has 0 spiro atoms. The van der Waals surface area contributed by atoms with Crippen molar-refractivity contribution in [1.29, 1.82) is 0 Å². The van der Waals surface area contributed by atoms with Gasteiger partial charge in [-0.25, -0.2) is 4.98 Å². The highest BCUT2D eigenvalue weighted by molar-refractivity contribution is 5.09. The molecule has 70 valence electrons. The van der Waals surface area contributed by atoms with Gasteiger partial charge in [0, 0.05) is 18.5 Å². The largest absolute Gasteiger partial charge is 0.300 e. The molecule has 0 atom stereocenters. The van der Waals surface area contributed by atoms with Gasteiger partial charge >= 0.3 is 0 Å². The molecular formula is C10H14N2O. The zero-order valence-electron chi connectivity index (χ0n) is 7.86. The van der Waals surface area contributed by atoms with Crippen molar-refractivity contribution in [2.75, 3.05) is 0 Å². The first-order chi connectivity index (χ1) is 6.31. The average Bonchev–Trinajstić information content (AvgIpc) is 2.01. The fraction of sp³-hybridized carbons (Fsp3) is 0.600. The van der Waals surface area contributed by atoms with Crippen molar-refractivity contribution in [3.05, 3.63) is 28.4 Å². The quantitative estimate of drug-likeness (QED) is 0.688. The second-order valence-electron chi connectivity index (χ2n) is 3.57. The number of hydrogen-bond acceptors (Lipinski definition) is 2. The van der Waals surface area contributed by atoms with Crippen LogP contribution < -0.4 is 5.56 Å². The second-order valence-corrected chi connectivity index (χ2v) is 3.57. The van der Waals surface area contributed by atoms with Gasteiger partial charge in [-0.2, -0.15) is 0 Å². The molecule has 3 heteroatoms. The topological polar surface area (TPSA) is 34.9 Å². The third-order valence-corrected chi connectivity index (χ3v) is 2.76. The van der Waals surface area contributed by atoms with Crippen molar-refractivity contribution in [3.63, 3.8) is 0 Å². The zero-order valence-corrected chi connectivity index (χ0v) is 7.86. The van der Waals surface area contributed by atoms with E-state index in [1.165, 1.54) is 19.3 Å². The monoisotopic (exact) mass is 178 g/mol. The lowest BCUT2D eigenvalue weighted by Gasteiger charge is -2.24. The Hall–Kier alpha value is -1.12. The van der Waals surface area contributed by atoms with Crippen LogP contribution in [0.5, 0.6) is 0 Å². The van der Waals surface area contributed by atoms with Crippen molar-refractivity contribution >= 4 is 0 Å². The Morgan fingerprint density at radius 1 is 1.62 bits per heavy atom. The minimum Gasteiger partial charge on any atom is -0.300 e. The van der Waals surface area contributed by atoms with Crippen LogP contribution in [0.3, 0.4) is 0 Å². The molecule has 0 radical (unpaired) electrons. The van der Waals surface area contributed by atoms with Crippen LogP contribution in [0, 0.1) is 0 Å². The van der Waals surface area contributed by atoms with E-state index >= 15 is 0 Å². The van der Waals surface area contributed by atoms with Crippen LogP contribution in [0.2, 0.25) is 0 Å². The number of aryl methyl sites for hydroxylation is 1. The van der Waals surface area contributed by atoms with E-state index in [4.69, 9.17) is 0 Å². The highest BCUT2D eigenvalue weighted by atomic mass is 16.1. The second kappa shape index (κ2) is 3.32. The summed E-state index contributed by atoms with van der Waals surface area (Å²) in [5.41, 5.74) is 1.07. The predicted octanol–water partition coefficient (Wildman–Crippen LogP) is 1.53. The Morgan fingerprint density at radius 2 is 2.38 bits per heavy atom. The average molecular weight is 178 g/mol. The van der Waals surface area contributed by atoms with Crippen LogP contribution in [0.4, 0.5) is 0 Å². The van der Waals surface area contributed by atoms with E-state index in [-0.39, 0.29) is 5.56 Å². The predicted molar refractivity (Wildman–Crippen MR) is 50.8 cm³/mol. The van der Waals surface area contributed by atoms with E-state index in [0.717, 1.165) is 5.69 Å². The molecule has 1 saturated carbocycles. The van der Waals surface area contributed by atoms with Crippen LogP contribution in [0.1, 0.15) is 37.8 Å². The molecule has 0 unspecified atom stereocenters. The first-order valence-electron chi connectivity index (χ1n) is 4.87. The molecule has 1 aromatic rings. The maximum atomic E-state index is 11.4. The highest BCUT2D eigenvalue weighted by Gasteiger charge is 2.20. The standard InChI is InChI=1S/C10H14N2O/c1-2-12-7-11-9(6-10(12)13)8-4-3-5-8/h6-8H,2-5H2,1H3. The molecule has 0 aromatic carbocycles. The highest BCUT2D eigenvalue weighted by Crippen LogP contribution is 2.34. The van der Waals surface area contributed by atoms with Gasteiger partial charge in [0.1, 0.15) is 0 Å². The van der Waals surface area contributed by atoms with Crippen LogP contribution in [0.25, 0.3) is 0 Å². The third kappa shape index (κ3) is 1.50. The molecule has 3 nitrogen and oxygen atoms in total. The summed E-state index contributed by atoms with van der Waals surface area (Å²) in [6.07, 6.45) is 5.34. The van der Waals surface area contributed by atoms with E-state index in [9.17, 15) is 4.79 Å². The smallest absolute Gasteiger partial charge is 0.253 e. The Morgan fingerprint density at radius 3 is 2.85 bits per heavy atom. The van der Waals surface area contributed by atoms with Crippen LogP contribution in [-0.2, 0) is 6.54 Å². The molecule has 1 heterocycles. The normalized spacial score (nSPS) is 17.0. The Kier molecular flexibility index (Phi) is 2.17. The molecule has 1 fully saturated rings. The van der Waals surface area contributed by atoms with Gasteiger partial charge in [-0.05, 0) is 19.8 Å². The molecule has 13 heavy (non-hydrogen) atoms. The minimum absolute atomic E-state index is 0.0828. The van der Waals surface area contributed by atoms with Crippen molar-refractivity contribution in [2.45, 2.75) is 38.6 Å². The first-order valence-corrected chi connectivity index (χ1v) is 4.87. The lowest BCUT2D eigenvalue weighted by Crippen LogP contribution is -2.22. The molecule has 0 saturated heterocycles. The van der Waals surface area contributed by atoms with Crippen molar-refractivity contribution in [3.8, 4) is 0 Å². The molecule has 1 aliphatic carbocycles. The van der Waals surface area contributed by atoms with E-state index < -0.39 is 0 Å². The number of aromatic nitrogens is 2. The summed E-state index contributed by atoms with van der Waals surface area (Å²) in [6, 6.07) is 1.69.